The lowest BCUT2D eigenvalue weighted by atomic mass is 10.2. The van der Waals surface area contributed by atoms with E-state index in [0.717, 1.165) is 9.80 Å². The van der Waals surface area contributed by atoms with Crippen LogP contribution >= 0.6 is 22.6 Å². The fourth-order valence-corrected chi connectivity index (χ4v) is 2.45. The maximum atomic E-state index is 12.4. The third-order valence-corrected chi connectivity index (χ3v) is 3.59. The molecular weight excluding hydrogens is 403 g/mol. The van der Waals surface area contributed by atoms with Gasteiger partial charge < -0.3 is 9.47 Å². The van der Waals surface area contributed by atoms with E-state index in [1.165, 1.54) is 0 Å². The molecule has 7 nitrogen and oxygen atoms in total. The van der Waals surface area contributed by atoms with E-state index in [9.17, 15) is 14.4 Å². The van der Waals surface area contributed by atoms with Crippen LogP contribution in [0, 0.1) is 0 Å². The van der Waals surface area contributed by atoms with E-state index in [-0.39, 0.29) is 6.54 Å². The molecule has 0 bridgehead atoms. The molecule has 0 aromatic heterocycles. The highest BCUT2D eigenvalue weighted by atomic mass is 127. The molecule has 0 radical (unpaired) electrons. The van der Waals surface area contributed by atoms with Crippen LogP contribution in [0.2, 0.25) is 0 Å². The Labute approximate surface area is 144 Å². The molecule has 0 aliphatic carbocycles. The van der Waals surface area contributed by atoms with Crippen molar-refractivity contribution >= 4 is 40.8 Å². The van der Waals surface area contributed by atoms with Gasteiger partial charge in [-0.25, -0.2) is 24.2 Å². The SMILES string of the molecule is CC(C)(C)OC(=O)N1CC(CI)N(C(=O)OC(C)(C)C)C1=O. The van der Waals surface area contributed by atoms with Crippen LogP contribution in [-0.2, 0) is 9.47 Å². The van der Waals surface area contributed by atoms with Crippen molar-refractivity contribution in [2.24, 2.45) is 0 Å². The van der Waals surface area contributed by atoms with E-state index in [4.69, 9.17) is 9.47 Å². The first kappa shape index (κ1) is 19.0. The van der Waals surface area contributed by atoms with Crippen LogP contribution in [0.15, 0.2) is 0 Å². The number of rotatable bonds is 1. The summed E-state index contributed by atoms with van der Waals surface area (Å²) in [5.74, 6) is 0. The Morgan fingerprint density at radius 2 is 1.55 bits per heavy atom. The van der Waals surface area contributed by atoms with Gasteiger partial charge in [0.1, 0.15) is 11.2 Å². The Bertz CT molecular complexity index is 467. The Kier molecular flexibility index (Phi) is 5.69. The maximum absolute atomic E-state index is 12.4. The number of carbonyl (C=O) groups excluding carboxylic acids is 3. The largest absolute Gasteiger partial charge is 0.443 e. The van der Waals surface area contributed by atoms with Gasteiger partial charge in [-0.2, -0.15) is 0 Å². The highest BCUT2D eigenvalue weighted by Gasteiger charge is 2.46. The smallest absolute Gasteiger partial charge is 0.418 e. The third kappa shape index (κ3) is 4.99. The maximum Gasteiger partial charge on any atom is 0.418 e. The number of nitrogens with zero attached hydrogens (tertiary/aromatic N) is 2. The van der Waals surface area contributed by atoms with Crippen molar-refractivity contribution in [3.8, 4) is 0 Å². The minimum absolute atomic E-state index is 0.107. The first-order chi connectivity index (χ1) is 9.85. The molecule has 0 saturated carbocycles. The first-order valence-corrected chi connectivity index (χ1v) is 8.51. The summed E-state index contributed by atoms with van der Waals surface area (Å²) in [6, 6.07) is -1.12. The van der Waals surface area contributed by atoms with Gasteiger partial charge in [-0.15, -0.1) is 0 Å². The average molecular weight is 426 g/mol. The molecule has 1 unspecified atom stereocenters. The second kappa shape index (κ2) is 6.59. The second-order valence-electron chi connectivity index (χ2n) is 7.03. The van der Waals surface area contributed by atoms with Crippen LogP contribution in [0.5, 0.6) is 0 Å². The quantitative estimate of drug-likeness (QED) is 0.475. The van der Waals surface area contributed by atoms with Gasteiger partial charge in [0.05, 0.1) is 12.6 Å². The van der Waals surface area contributed by atoms with Crippen molar-refractivity contribution in [3.63, 3.8) is 0 Å². The number of amides is 4. The molecule has 0 aromatic carbocycles. The molecule has 126 valence electrons. The molecule has 1 aliphatic heterocycles. The topological polar surface area (TPSA) is 76.2 Å². The van der Waals surface area contributed by atoms with E-state index in [2.05, 4.69) is 22.6 Å². The van der Waals surface area contributed by atoms with Crippen LogP contribution in [0.25, 0.3) is 0 Å². The fraction of sp³-hybridized carbons (Fsp3) is 0.786. The molecule has 8 heteroatoms. The number of ether oxygens (including phenoxy) is 2. The number of imide groups is 2. The molecular formula is C14H23IN2O5. The van der Waals surface area contributed by atoms with Gasteiger partial charge in [-0.1, -0.05) is 22.6 Å². The lowest BCUT2D eigenvalue weighted by Crippen LogP contribution is -2.45. The van der Waals surface area contributed by atoms with E-state index >= 15 is 0 Å². The predicted molar refractivity (Wildman–Crippen MR) is 89.1 cm³/mol. The number of alkyl halides is 1. The van der Waals surface area contributed by atoms with Crippen LogP contribution < -0.4 is 0 Å². The number of hydrogen-bond donors (Lipinski definition) is 0. The molecule has 1 aliphatic rings. The van der Waals surface area contributed by atoms with Crippen molar-refractivity contribution in [1.29, 1.82) is 0 Å². The number of halogens is 1. The van der Waals surface area contributed by atoms with Gasteiger partial charge in [-0.3, -0.25) is 0 Å². The summed E-state index contributed by atoms with van der Waals surface area (Å²) in [4.78, 5) is 38.6. The van der Waals surface area contributed by atoms with Gasteiger partial charge in [0.15, 0.2) is 0 Å². The first-order valence-electron chi connectivity index (χ1n) is 6.98. The van der Waals surface area contributed by atoms with Gasteiger partial charge in [0, 0.05) is 4.43 Å². The molecule has 22 heavy (non-hydrogen) atoms. The Morgan fingerprint density at radius 1 is 1.09 bits per heavy atom. The summed E-state index contributed by atoms with van der Waals surface area (Å²) in [6.45, 7) is 10.4. The summed E-state index contributed by atoms with van der Waals surface area (Å²) in [5.41, 5.74) is -1.43. The molecule has 1 rings (SSSR count). The Hall–Kier alpha value is -1.06. The second-order valence-corrected chi connectivity index (χ2v) is 7.91. The average Bonchev–Trinajstić information content (AvgIpc) is 2.61. The summed E-state index contributed by atoms with van der Waals surface area (Å²) in [7, 11) is 0. The highest BCUT2D eigenvalue weighted by Crippen LogP contribution is 2.23. The minimum atomic E-state index is -0.751. The molecule has 1 atom stereocenters. The Balaban J connectivity index is 2.90. The molecule has 0 aromatic rings. The van der Waals surface area contributed by atoms with Crippen LogP contribution in [0.3, 0.4) is 0 Å². The van der Waals surface area contributed by atoms with E-state index in [1.54, 1.807) is 41.5 Å². The van der Waals surface area contributed by atoms with Crippen LogP contribution in [0.4, 0.5) is 14.4 Å². The molecule has 1 heterocycles. The van der Waals surface area contributed by atoms with Crippen LogP contribution in [0.1, 0.15) is 41.5 Å². The standard InChI is InChI=1S/C14H23IN2O5/c1-13(2,3)21-11(19)16-8-9(7-15)17(10(16)18)12(20)22-14(4,5)6/h9H,7-8H2,1-6H3. The monoisotopic (exact) mass is 426 g/mol. The normalized spacial score (nSPS) is 19.4. The van der Waals surface area contributed by atoms with Crippen molar-refractivity contribution in [3.05, 3.63) is 0 Å². The van der Waals surface area contributed by atoms with Crippen molar-refractivity contribution < 1.29 is 23.9 Å². The van der Waals surface area contributed by atoms with E-state index in [0.29, 0.717) is 4.43 Å². The van der Waals surface area contributed by atoms with E-state index in [1.807, 2.05) is 0 Å². The third-order valence-electron chi connectivity index (χ3n) is 2.58. The summed E-state index contributed by atoms with van der Waals surface area (Å²) in [5, 5.41) is 0. The molecule has 0 N–H and O–H groups in total. The number of urea groups is 1. The van der Waals surface area contributed by atoms with Gasteiger partial charge in [-0.05, 0) is 41.5 Å². The zero-order chi connectivity index (χ0) is 17.3. The predicted octanol–water partition coefficient (Wildman–Crippen LogP) is 3.40. The molecule has 1 saturated heterocycles. The Morgan fingerprint density at radius 3 is 1.95 bits per heavy atom. The van der Waals surface area contributed by atoms with Gasteiger partial charge >= 0.3 is 18.2 Å². The van der Waals surface area contributed by atoms with Crippen molar-refractivity contribution in [2.45, 2.75) is 58.8 Å². The molecule has 0 spiro atoms. The van der Waals surface area contributed by atoms with Crippen molar-refractivity contribution in [1.82, 2.24) is 9.80 Å². The zero-order valence-electron chi connectivity index (χ0n) is 13.8. The van der Waals surface area contributed by atoms with Gasteiger partial charge in [0.25, 0.3) is 0 Å². The van der Waals surface area contributed by atoms with Gasteiger partial charge in [0.2, 0.25) is 0 Å². The molecule has 1 fully saturated rings. The molecule has 4 amide bonds. The van der Waals surface area contributed by atoms with E-state index < -0.39 is 35.5 Å². The minimum Gasteiger partial charge on any atom is -0.443 e. The zero-order valence-corrected chi connectivity index (χ0v) is 16.0. The summed E-state index contributed by atoms with van der Waals surface area (Å²) < 4.78 is 10.9. The number of hydrogen-bond acceptors (Lipinski definition) is 5. The van der Waals surface area contributed by atoms with Crippen LogP contribution in [-0.4, -0.2) is 56.2 Å². The fourth-order valence-electron chi connectivity index (χ4n) is 1.78. The lowest BCUT2D eigenvalue weighted by Gasteiger charge is -2.26. The highest BCUT2D eigenvalue weighted by molar-refractivity contribution is 14.1. The summed E-state index contributed by atoms with van der Waals surface area (Å²) >= 11 is 2.07. The lowest BCUT2D eigenvalue weighted by molar-refractivity contribution is 0.0293. The number of carbonyl (C=O) groups is 3. The summed E-state index contributed by atoms with van der Waals surface area (Å²) in [6.07, 6.45) is -1.50. The van der Waals surface area contributed by atoms with Crippen molar-refractivity contribution in [2.75, 3.05) is 11.0 Å².